The van der Waals surface area contributed by atoms with Gasteiger partial charge in [0.25, 0.3) is 0 Å². The summed E-state index contributed by atoms with van der Waals surface area (Å²) in [4.78, 5) is 4.37. The van der Waals surface area contributed by atoms with Crippen LogP contribution in [0.2, 0.25) is 0 Å². The molecule has 2 aromatic carbocycles. The summed E-state index contributed by atoms with van der Waals surface area (Å²) in [5, 5.41) is 0. The highest BCUT2D eigenvalue weighted by atomic mass is 79.9. The largest absolute Gasteiger partial charge is 0.326 e. The molecule has 0 spiro atoms. The van der Waals surface area contributed by atoms with E-state index in [2.05, 4.69) is 20.9 Å². The topological polar surface area (TPSA) is 43.8 Å². The number of imidazole rings is 1. The van der Waals surface area contributed by atoms with Gasteiger partial charge in [0.15, 0.2) is 5.82 Å². The minimum Gasteiger partial charge on any atom is -0.326 e. The van der Waals surface area contributed by atoms with Crippen LogP contribution >= 0.6 is 15.9 Å². The fourth-order valence-corrected chi connectivity index (χ4v) is 2.88. The molecule has 0 aliphatic heterocycles. The van der Waals surface area contributed by atoms with E-state index < -0.39 is 0 Å². The third-order valence-electron chi connectivity index (χ3n) is 3.78. The standard InChI is InChI=1S/C16H15BrFN3/c1-9-5-12-14(6-10(9)2)21(8-20-12)13-4-3-11(7-19)15(17)16(13)18/h3-6,8H,7,19H2,1-2H3. The van der Waals surface area contributed by atoms with Crippen LogP contribution in [-0.2, 0) is 6.54 Å². The van der Waals surface area contributed by atoms with E-state index in [1.807, 2.05) is 32.0 Å². The SMILES string of the molecule is Cc1cc2ncn(-c3ccc(CN)c(Br)c3F)c2cc1C. The molecule has 0 fully saturated rings. The van der Waals surface area contributed by atoms with E-state index in [4.69, 9.17) is 5.73 Å². The molecule has 3 aromatic rings. The molecule has 5 heteroatoms. The second-order valence-corrected chi connectivity index (χ2v) is 5.91. The highest BCUT2D eigenvalue weighted by molar-refractivity contribution is 9.10. The van der Waals surface area contributed by atoms with Crippen LogP contribution in [0.25, 0.3) is 16.7 Å². The molecule has 0 radical (unpaired) electrons. The smallest absolute Gasteiger partial charge is 0.161 e. The molecule has 108 valence electrons. The van der Waals surface area contributed by atoms with Crippen molar-refractivity contribution in [3.8, 4) is 5.69 Å². The van der Waals surface area contributed by atoms with Gasteiger partial charge in [0.2, 0.25) is 0 Å². The van der Waals surface area contributed by atoms with Crippen LogP contribution in [0.3, 0.4) is 0 Å². The lowest BCUT2D eigenvalue weighted by molar-refractivity contribution is 0.610. The average Bonchev–Trinajstić information content (AvgIpc) is 2.85. The molecule has 21 heavy (non-hydrogen) atoms. The van der Waals surface area contributed by atoms with Crippen LogP contribution in [-0.4, -0.2) is 9.55 Å². The van der Waals surface area contributed by atoms with Gasteiger partial charge in [-0.25, -0.2) is 9.37 Å². The second kappa shape index (κ2) is 5.24. The number of rotatable bonds is 2. The van der Waals surface area contributed by atoms with Crippen molar-refractivity contribution in [2.24, 2.45) is 5.73 Å². The summed E-state index contributed by atoms with van der Waals surface area (Å²) >= 11 is 3.28. The number of aryl methyl sites for hydroxylation is 2. The summed E-state index contributed by atoms with van der Waals surface area (Å²) in [6, 6.07) is 7.61. The molecule has 1 heterocycles. The van der Waals surface area contributed by atoms with Crippen molar-refractivity contribution in [1.82, 2.24) is 9.55 Å². The van der Waals surface area contributed by atoms with Gasteiger partial charge >= 0.3 is 0 Å². The Morgan fingerprint density at radius 2 is 1.95 bits per heavy atom. The summed E-state index contributed by atoms with van der Waals surface area (Å²) in [5.41, 5.74) is 10.9. The Hall–Kier alpha value is -1.72. The van der Waals surface area contributed by atoms with Gasteiger partial charge in [-0.05, 0) is 64.7 Å². The van der Waals surface area contributed by atoms with Gasteiger partial charge < -0.3 is 5.73 Å². The summed E-state index contributed by atoms with van der Waals surface area (Å²) in [7, 11) is 0. The molecule has 0 saturated heterocycles. The van der Waals surface area contributed by atoms with Crippen LogP contribution in [0, 0.1) is 19.7 Å². The van der Waals surface area contributed by atoms with E-state index in [0.29, 0.717) is 16.7 Å². The normalized spacial score (nSPS) is 11.3. The number of nitrogens with zero attached hydrogens (tertiary/aromatic N) is 2. The maximum Gasteiger partial charge on any atom is 0.161 e. The van der Waals surface area contributed by atoms with E-state index in [9.17, 15) is 4.39 Å². The minimum atomic E-state index is -0.324. The van der Waals surface area contributed by atoms with E-state index in [1.54, 1.807) is 17.0 Å². The Morgan fingerprint density at radius 3 is 2.67 bits per heavy atom. The third-order valence-corrected chi connectivity index (χ3v) is 4.64. The van der Waals surface area contributed by atoms with Crippen LogP contribution in [0.4, 0.5) is 4.39 Å². The Kier molecular flexibility index (Phi) is 3.55. The van der Waals surface area contributed by atoms with Crippen LogP contribution in [0.1, 0.15) is 16.7 Å². The van der Waals surface area contributed by atoms with Crippen molar-refractivity contribution < 1.29 is 4.39 Å². The van der Waals surface area contributed by atoms with Crippen LogP contribution in [0.5, 0.6) is 0 Å². The van der Waals surface area contributed by atoms with E-state index in [-0.39, 0.29) is 5.82 Å². The molecule has 3 nitrogen and oxygen atoms in total. The van der Waals surface area contributed by atoms with Crippen LogP contribution < -0.4 is 5.73 Å². The lowest BCUT2D eigenvalue weighted by atomic mass is 10.1. The van der Waals surface area contributed by atoms with Gasteiger partial charge in [-0.3, -0.25) is 4.57 Å². The Balaban J connectivity index is 2.26. The van der Waals surface area contributed by atoms with Crippen molar-refractivity contribution in [1.29, 1.82) is 0 Å². The first-order valence-electron chi connectivity index (χ1n) is 6.64. The molecule has 0 saturated carbocycles. The molecular weight excluding hydrogens is 333 g/mol. The van der Waals surface area contributed by atoms with Crippen molar-refractivity contribution in [3.05, 3.63) is 57.6 Å². The third kappa shape index (κ3) is 2.26. The van der Waals surface area contributed by atoms with E-state index in [0.717, 1.165) is 22.2 Å². The van der Waals surface area contributed by atoms with E-state index in [1.165, 1.54) is 5.56 Å². The van der Waals surface area contributed by atoms with Crippen molar-refractivity contribution in [3.63, 3.8) is 0 Å². The first-order valence-corrected chi connectivity index (χ1v) is 7.44. The fraction of sp³-hybridized carbons (Fsp3) is 0.188. The molecular formula is C16H15BrFN3. The molecule has 0 aliphatic rings. The summed E-state index contributed by atoms with van der Waals surface area (Å²) < 4.78 is 16.7. The summed E-state index contributed by atoms with van der Waals surface area (Å²) in [5.74, 6) is -0.324. The maximum absolute atomic E-state index is 14.6. The Morgan fingerprint density at radius 1 is 1.24 bits per heavy atom. The molecule has 3 rings (SSSR count). The lowest BCUT2D eigenvalue weighted by Gasteiger charge is -2.10. The summed E-state index contributed by atoms with van der Waals surface area (Å²) in [6.45, 7) is 4.37. The van der Waals surface area contributed by atoms with Crippen molar-refractivity contribution in [2.75, 3.05) is 0 Å². The monoisotopic (exact) mass is 347 g/mol. The van der Waals surface area contributed by atoms with Gasteiger partial charge in [0.1, 0.15) is 6.33 Å². The van der Waals surface area contributed by atoms with Gasteiger partial charge in [0, 0.05) is 6.54 Å². The second-order valence-electron chi connectivity index (χ2n) is 5.12. The lowest BCUT2D eigenvalue weighted by Crippen LogP contribution is -2.03. The van der Waals surface area contributed by atoms with Crippen molar-refractivity contribution in [2.45, 2.75) is 20.4 Å². The summed E-state index contributed by atoms with van der Waals surface area (Å²) in [6.07, 6.45) is 1.65. The molecule has 1 aromatic heterocycles. The number of aromatic nitrogens is 2. The number of halogens is 2. The molecule has 0 aliphatic carbocycles. The number of fused-ring (bicyclic) bond motifs is 1. The number of benzene rings is 2. The molecule has 2 N–H and O–H groups in total. The quantitative estimate of drug-likeness (QED) is 0.761. The van der Waals surface area contributed by atoms with Crippen LogP contribution in [0.15, 0.2) is 35.1 Å². The minimum absolute atomic E-state index is 0.292. The van der Waals surface area contributed by atoms with Crippen molar-refractivity contribution >= 4 is 27.0 Å². The van der Waals surface area contributed by atoms with E-state index >= 15 is 0 Å². The fourth-order valence-electron chi connectivity index (χ4n) is 2.38. The first-order chi connectivity index (χ1) is 10.0. The zero-order chi connectivity index (χ0) is 15.1. The maximum atomic E-state index is 14.6. The highest BCUT2D eigenvalue weighted by Gasteiger charge is 2.14. The van der Waals surface area contributed by atoms with Gasteiger partial charge in [-0.15, -0.1) is 0 Å². The predicted molar refractivity (Wildman–Crippen MR) is 86.1 cm³/mol. The number of nitrogens with two attached hydrogens (primary N) is 1. The highest BCUT2D eigenvalue weighted by Crippen LogP contribution is 2.29. The van der Waals surface area contributed by atoms with Gasteiger partial charge in [0.05, 0.1) is 21.2 Å². The first kappa shape index (κ1) is 14.2. The number of hydrogen-bond acceptors (Lipinski definition) is 2. The molecule has 0 amide bonds. The van der Waals surface area contributed by atoms with Gasteiger partial charge in [-0.1, -0.05) is 6.07 Å². The van der Waals surface area contributed by atoms with Gasteiger partial charge in [-0.2, -0.15) is 0 Å². The Labute approximate surface area is 130 Å². The predicted octanol–water partition coefficient (Wildman–Crippen LogP) is 4.00. The Bertz CT molecular complexity index is 839. The zero-order valence-corrected chi connectivity index (χ0v) is 13.4. The molecule has 0 atom stereocenters. The number of hydrogen-bond donors (Lipinski definition) is 1. The zero-order valence-electron chi connectivity index (χ0n) is 11.8. The average molecular weight is 348 g/mol. The molecule has 0 unspecified atom stereocenters. The molecule has 0 bridgehead atoms.